The van der Waals surface area contributed by atoms with Crippen molar-refractivity contribution in [2.24, 2.45) is 0 Å². The van der Waals surface area contributed by atoms with Crippen LogP contribution in [0.4, 0.5) is 5.69 Å². The molecule has 2 aromatic carbocycles. The highest BCUT2D eigenvalue weighted by atomic mass is 79.9. The van der Waals surface area contributed by atoms with Crippen LogP contribution in [0, 0.1) is 11.3 Å². The van der Waals surface area contributed by atoms with Gasteiger partial charge >= 0.3 is 0 Å². The van der Waals surface area contributed by atoms with Gasteiger partial charge in [-0.15, -0.1) is 11.8 Å². The Bertz CT molecular complexity index is 897. The first kappa shape index (κ1) is 15.7. The number of amides is 1. The number of hydrogen-bond donors (Lipinski definition) is 1. The first-order chi connectivity index (χ1) is 11.2. The number of para-hydroxylation sites is 1. The summed E-state index contributed by atoms with van der Waals surface area (Å²) in [7, 11) is 0. The molecule has 0 spiro atoms. The van der Waals surface area contributed by atoms with E-state index in [4.69, 9.17) is 9.68 Å². The van der Waals surface area contributed by atoms with Gasteiger partial charge in [-0.1, -0.05) is 28.1 Å². The third kappa shape index (κ3) is 3.58. The number of carbonyl (C=O) groups is 1. The fourth-order valence-corrected chi connectivity index (χ4v) is 3.07. The maximum absolute atomic E-state index is 12.2. The number of benzene rings is 2. The van der Waals surface area contributed by atoms with E-state index in [1.54, 1.807) is 6.07 Å². The molecule has 4 nitrogen and oxygen atoms in total. The van der Waals surface area contributed by atoms with Crippen LogP contribution in [-0.4, -0.2) is 11.7 Å². The molecule has 0 saturated heterocycles. The Labute approximate surface area is 145 Å². The lowest BCUT2D eigenvalue weighted by Gasteiger charge is -2.04. The lowest BCUT2D eigenvalue weighted by atomic mass is 10.2. The highest BCUT2D eigenvalue weighted by molar-refractivity contribution is 9.10. The lowest BCUT2D eigenvalue weighted by molar-refractivity contribution is -0.113. The molecule has 6 heteroatoms. The van der Waals surface area contributed by atoms with Crippen molar-refractivity contribution in [1.82, 2.24) is 0 Å². The molecule has 0 saturated carbocycles. The van der Waals surface area contributed by atoms with E-state index < -0.39 is 0 Å². The van der Waals surface area contributed by atoms with Gasteiger partial charge in [-0.25, -0.2) is 0 Å². The number of anilines is 1. The van der Waals surface area contributed by atoms with Gasteiger partial charge in [0, 0.05) is 14.8 Å². The fourth-order valence-electron chi connectivity index (χ4n) is 2.10. The SMILES string of the molecule is N#Cc1oc2ccccc2c1NC(=O)CSc1ccc(Br)cc1. The van der Waals surface area contributed by atoms with Gasteiger partial charge in [-0.3, -0.25) is 4.79 Å². The van der Waals surface area contributed by atoms with E-state index in [1.807, 2.05) is 48.5 Å². The minimum Gasteiger partial charge on any atom is -0.443 e. The maximum Gasteiger partial charge on any atom is 0.234 e. The van der Waals surface area contributed by atoms with Crippen LogP contribution in [0.5, 0.6) is 0 Å². The molecular formula is C17H11BrN2O2S. The minimum absolute atomic E-state index is 0.119. The van der Waals surface area contributed by atoms with Gasteiger partial charge in [-0.05, 0) is 36.4 Å². The third-order valence-electron chi connectivity index (χ3n) is 3.15. The van der Waals surface area contributed by atoms with Crippen LogP contribution in [0.25, 0.3) is 11.0 Å². The summed E-state index contributed by atoms with van der Waals surface area (Å²) in [5.41, 5.74) is 1.02. The summed E-state index contributed by atoms with van der Waals surface area (Å²) in [4.78, 5) is 13.2. The summed E-state index contributed by atoms with van der Waals surface area (Å²) in [5.74, 6) is 0.195. The highest BCUT2D eigenvalue weighted by Gasteiger charge is 2.16. The minimum atomic E-state index is -0.180. The van der Waals surface area contributed by atoms with Crippen LogP contribution in [0.15, 0.2) is 62.3 Å². The molecular weight excluding hydrogens is 376 g/mol. The van der Waals surface area contributed by atoms with E-state index >= 15 is 0 Å². The van der Waals surface area contributed by atoms with Gasteiger partial charge in [0.05, 0.1) is 5.75 Å². The molecule has 114 valence electrons. The van der Waals surface area contributed by atoms with E-state index in [0.717, 1.165) is 14.8 Å². The molecule has 1 N–H and O–H groups in total. The van der Waals surface area contributed by atoms with E-state index in [1.165, 1.54) is 11.8 Å². The summed E-state index contributed by atoms with van der Waals surface area (Å²) in [6.45, 7) is 0. The van der Waals surface area contributed by atoms with Crippen LogP contribution in [0.1, 0.15) is 5.76 Å². The van der Waals surface area contributed by atoms with E-state index in [9.17, 15) is 4.79 Å². The third-order valence-corrected chi connectivity index (χ3v) is 4.69. The average Bonchev–Trinajstić information content (AvgIpc) is 2.92. The molecule has 1 amide bonds. The summed E-state index contributed by atoms with van der Waals surface area (Å²) in [6.07, 6.45) is 0. The van der Waals surface area contributed by atoms with Crippen molar-refractivity contribution in [2.45, 2.75) is 4.90 Å². The zero-order valence-corrected chi connectivity index (χ0v) is 14.3. The van der Waals surface area contributed by atoms with Crippen molar-refractivity contribution in [3.8, 4) is 6.07 Å². The average molecular weight is 387 g/mol. The van der Waals surface area contributed by atoms with Gasteiger partial charge < -0.3 is 9.73 Å². The van der Waals surface area contributed by atoms with Crippen molar-refractivity contribution < 1.29 is 9.21 Å². The molecule has 0 radical (unpaired) electrons. The van der Waals surface area contributed by atoms with Crippen LogP contribution in [0.2, 0.25) is 0 Å². The molecule has 1 heterocycles. The Kier molecular flexibility index (Phi) is 4.70. The van der Waals surface area contributed by atoms with Crippen LogP contribution in [0.3, 0.4) is 0 Å². The standard InChI is InChI=1S/C17H11BrN2O2S/c18-11-5-7-12(8-6-11)23-10-16(21)20-17-13-3-1-2-4-14(13)22-15(17)9-19/h1-8H,10H2,(H,20,21). The Morgan fingerprint density at radius 2 is 1.96 bits per heavy atom. The molecule has 0 bridgehead atoms. The molecule has 1 aromatic heterocycles. The number of hydrogen-bond acceptors (Lipinski definition) is 4. The topological polar surface area (TPSA) is 66.0 Å². The van der Waals surface area contributed by atoms with Gasteiger partial charge in [-0.2, -0.15) is 5.26 Å². The zero-order chi connectivity index (χ0) is 16.2. The second-order valence-electron chi connectivity index (χ2n) is 4.70. The number of furan rings is 1. The predicted octanol–water partition coefficient (Wildman–Crippen LogP) is 4.80. The zero-order valence-electron chi connectivity index (χ0n) is 11.9. The van der Waals surface area contributed by atoms with Crippen molar-refractivity contribution in [3.63, 3.8) is 0 Å². The second-order valence-corrected chi connectivity index (χ2v) is 6.67. The number of nitriles is 1. The smallest absolute Gasteiger partial charge is 0.234 e. The number of fused-ring (bicyclic) bond motifs is 1. The summed E-state index contributed by atoms with van der Waals surface area (Å²) in [5, 5.41) is 12.7. The summed E-state index contributed by atoms with van der Waals surface area (Å²) in [6, 6.07) is 17.0. The second kappa shape index (κ2) is 6.90. The summed E-state index contributed by atoms with van der Waals surface area (Å²) < 4.78 is 6.43. The van der Waals surface area contributed by atoms with Crippen molar-refractivity contribution in [3.05, 3.63) is 58.8 Å². The predicted molar refractivity (Wildman–Crippen MR) is 94.4 cm³/mol. The van der Waals surface area contributed by atoms with Crippen LogP contribution < -0.4 is 5.32 Å². The van der Waals surface area contributed by atoms with Crippen molar-refractivity contribution in [2.75, 3.05) is 11.1 Å². The fraction of sp³-hybridized carbons (Fsp3) is 0.0588. The highest BCUT2D eigenvalue weighted by Crippen LogP contribution is 2.30. The van der Waals surface area contributed by atoms with Crippen LogP contribution in [-0.2, 0) is 4.79 Å². The quantitative estimate of drug-likeness (QED) is 0.654. The molecule has 0 aliphatic rings. The number of carbonyl (C=O) groups excluding carboxylic acids is 1. The van der Waals surface area contributed by atoms with Gasteiger partial charge in [0.1, 0.15) is 17.3 Å². The number of thioether (sulfide) groups is 1. The molecule has 3 rings (SSSR count). The van der Waals surface area contributed by atoms with Crippen molar-refractivity contribution in [1.29, 1.82) is 5.26 Å². The molecule has 0 aliphatic carbocycles. The van der Waals surface area contributed by atoms with Gasteiger partial charge in [0.15, 0.2) is 0 Å². The maximum atomic E-state index is 12.2. The lowest BCUT2D eigenvalue weighted by Crippen LogP contribution is -2.14. The Morgan fingerprint density at radius 3 is 2.70 bits per heavy atom. The molecule has 23 heavy (non-hydrogen) atoms. The molecule has 0 atom stereocenters. The van der Waals surface area contributed by atoms with E-state index in [2.05, 4.69) is 21.2 Å². The number of nitrogens with zero attached hydrogens (tertiary/aromatic N) is 1. The number of rotatable bonds is 4. The summed E-state index contributed by atoms with van der Waals surface area (Å²) >= 11 is 4.81. The molecule has 0 unspecified atom stereocenters. The first-order valence-electron chi connectivity index (χ1n) is 6.77. The van der Waals surface area contributed by atoms with Crippen LogP contribution >= 0.6 is 27.7 Å². The Balaban J connectivity index is 1.73. The number of nitrogens with one attached hydrogen (secondary N) is 1. The molecule has 0 aliphatic heterocycles. The van der Waals surface area contributed by atoms with E-state index in [-0.39, 0.29) is 17.4 Å². The largest absolute Gasteiger partial charge is 0.443 e. The number of halogens is 1. The van der Waals surface area contributed by atoms with Gasteiger partial charge in [0.25, 0.3) is 0 Å². The van der Waals surface area contributed by atoms with Crippen molar-refractivity contribution >= 4 is 50.3 Å². The van der Waals surface area contributed by atoms with Gasteiger partial charge in [0.2, 0.25) is 11.7 Å². The Hall–Kier alpha value is -2.23. The first-order valence-corrected chi connectivity index (χ1v) is 8.55. The monoisotopic (exact) mass is 386 g/mol. The van der Waals surface area contributed by atoms with E-state index in [0.29, 0.717) is 11.3 Å². The Morgan fingerprint density at radius 1 is 1.22 bits per heavy atom. The molecule has 0 fully saturated rings. The molecule has 3 aromatic rings. The normalized spacial score (nSPS) is 10.4.